The second kappa shape index (κ2) is 16.1. The Morgan fingerprint density at radius 3 is 1.52 bits per heavy atom. The smallest absolute Gasteiger partial charge is 0.0957 e. The highest BCUT2D eigenvalue weighted by molar-refractivity contribution is 4.65. The minimum absolute atomic E-state index is 0.760. The average molecular weight is 356 g/mol. The third-order valence-electron chi connectivity index (χ3n) is 5.94. The van der Waals surface area contributed by atoms with Crippen LogP contribution in [0.15, 0.2) is 0 Å². The van der Waals surface area contributed by atoms with E-state index in [0.29, 0.717) is 0 Å². The van der Waals surface area contributed by atoms with E-state index in [1.165, 1.54) is 103 Å². The lowest BCUT2D eigenvalue weighted by atomic mass is 10.0. The first-order valence-corrected chi connectivity index (χ1v) is 11.6. The van der Waals surface area contributed by atoms with E-state index in [9.17, 15) is 0 Å². The number of hydrogen-bond acceptors (Lipinski definition) is 1. The maximum Gasteiger partial charge on any atom is 0.0957 e. The van der Waals surface area contributed by atoms with Crippen molar-refractivity contribution in [3.63, 3.8) is 0 Å². The molecule has 0 bridgehead atoms. The van der Waals surface area contributed by atoms with E-state index in [-0.39, 0.29) is 0 Å². The summed E-state index contributed by atoms with van der Waals surface area (Å²) in [6.07, 6.45) is 21.1. The molecular weight excluding hydrogens is 304 g/mol. The zero-order chi connectivity index (χ0) is 19.0. The molecule has 0 rings (SSSR count). The van der Waals surface area contributed by atoms with Gasteiger partial charge >= 0.3 is 0 Å². The van der Waals surface area contributed by atoms with Crippen molar-refractivity contribution in [2.24, 2.45) is 0 Å². The molecule has 1 atom stereocenters. The molecule has 0 aliphatic heterocycles. The van der Waals surface area contributed by atoms with Crippen LogP contribution < -0.4 is 0 Å². The molecule has 0 radical (unpaired) electrons. The summed E-state index contributed by atoms with van der Waals surface area (Å²) in [6, 6.07) is 0.760. The van der Waals surface area contributed by atoms with E-state index in [4.69, 9.17) is 0 Å². The first-order valence-electron chi connectivity index (χ1n) is 11.6. The van der Waals surface area contributed by atoms with Crippen LogP contribution in [0.5, 0.6) is 0 Å². The van der Waals surface area contributed by atoms with Gasteiger partial charge in [-0.3, -0.25) is 0 Å². The molecule has 0 amide bonds. The molecule has 0 N–H and O–H groups in total. The predicted octanol–water partition coefficient (Wildman–Crippen LogP) is 7.19. The fraction of sp³-hybridized carbons (Fsp3) is 1.00. The van der Waals surface area contributed by atoms with Gasteiger partial charge in [0.05, 0.1) is 26.7 Å². The van der Waals surface area contributed by atoms with Crippen LogP contribution in [-0.2, 0) is 0 Å². The van der Waals surface area contributed by atoms with Gasteiger partial charge in [0.25, 0.3) is 0 Å². The first kappa shape index (κ1) is 24.9. The molecular formula is C23H51N2+. The summed E-state index contributed by atoms with van der Waals surface area (Å²) in [4.78, 5) is 0. The summed E-state index contributed by atoms with van der Waals surface area (Å²) < 4.78 is 1.04. The number of unbranched alkanes of at least 4 members (excludes halogenated alkanes) is 10. The number of rotatable bonds is 18. The van der Waals surface area contributed by atoms with E-state index in [1.807, 2.05) is 0 Å². The van der Waals surface area contributed by atoms with Crippen molar-refractivity contribution in [3.05, 3.63) is 0 Å². The third-order valence-corrected chi connectivity index (χ3v) is 5.94. The fourth-order valence-electron chi connectivity index (χ4n) is 3.97. The molecule has 0 aliphatic carbocycles. The van der Waals surface area contributed by atoms with Gasteiger partial charge in [0, 0.05) is 7.05 Å². The maximum absolute atomic E-state index is 2.65. The number of nitrogens with zero attached hydrogens (tertiary/aromatic N) is 2. The lowest BCUT2D eigenvalue weighted by Crippen LogP contribution is -2.57. The van der Waals surface area contributed by atoms with Crippen molar-refractivity contribution in [1.82, 2.24) is 5.01 Å². The minimum atomic E-state index is 0.760. The molecule has 0 aromatic rings. The van der Waals surface area contributed by atoms with E-state index in [2.05, 4.69) is 46.9 Å². The van der Waals surface area contributed by atoms with Crippen LogP contribution in [0.4, 0.5) is 0 Å². The summed E-state index contributed by atoms with van der Waals surface area (Å²) in [5.74, 6) is 0. The Kier molecular flexibility index (Phi) is 16.1. The highest BCUT2D eigenvalue weighted by atomic mass is 15.7. The summed E-state index contributed by atoms with van der Waals surface area (Å²) in [5, 5.41) is 2.65. The van der Waals surface area contributed by atoms with Crippen LogP contribution >= 0.6 is 0 Å². The molecule has 0 fully saturated rings. The standard InChI is InChI=1S/C23H51N2/c1-7-10-12-13-14-15-16-17-18-19-21-23(20-11-8-2)24(4)25(5,6)22-9-3/h23H,7-22H2,1-6H3/q+1. The number of quaternary nitrogens is 1. The Balaban J connectivity index is 3.96. The Hall–Kier alpha value is -0.0800. The van der Waals surface area contributed by atoms with Gasteiger partial charge in [0.15, 0.2) is 0 Å². The molecule has 152 valence electrons. The largest absolute Gasteiger partial charge is 0.248 e. The maximum atomic E-state index is 2.65. The van der Waals surface area contributed by atoms with Crippen LogP contribution in [0.25, 0.3) is 0 Å². The molecule has 2 heteroatoms. The Bertz CT molecular complexity index is 275. The molecule has 0 saturated carbocycles. The van der Waals surface area contributed by atoms with Crippen molar-refractivity contribution in [1.29, 1.82) is 0 Å². The molecule has 2 nitrogen and oxygen atoms in total. The Morgan fingerprint density at radius 1 is 0.600 bits per heavy atom. The predicted molar refractivity (Wildman–Crippen MR) is 115 cm³/mol. The van der Waals surface area contributed by atoms with Crippen LogP contribution in [0, 0.1) is 0 Å². The van der Waals surface area contributed by atoms with Crippen LogP contribution in [-0.4, -0.2) is 43.3 Å². The topological polar surface area (TPSA) is 3.24 Å². The van der Waals surface area contributed by atoms with Gasteiger partial charge in [-0.1, -0.05) is 97.8 Å². The van der Waals surface area contributed by atoms with E-state index in [0.717, 1.165) is 10.6 Å². The van der Waals surface area contributed by atoms with Crippen LogP contribution in [0.2, 0.25) is 0 Å². The molecule has 0 aromatic carbocycles. The van der Waals surface area contributed by atoms with Crippen molar-refractivity contribution in [2.75, 3.05) is 27.7 Å². The van der Waals surface area contributed by atoms with Gasteiger partial charge in [0.2, 0.25) is 0 Å². The second-order valence-electron chi connectivity index (χ2n) is 8.69. The lowest BCUT2D eigenvalue weighted by Gasteiger charge is -2.42. The minimum Gasteiger partial charge on any atom is -0.248 e. The molecule has 1 unspecified atom stereocenters. The van der Waals surface area contributed by atoms with Gasteiger partial charge in [-0.15, -0.1) is 0 Å². The molecule has 0 aliphatic rings. The second-order valence-corrected chi connectivity index (χ2v) is 8.69. The molecule has 0 spiro atoms. The van der Waals surface area contributed by atoms with Gasteiger partial charge in [-0.25, -0.2) is 4.59 Å². The highest BCUT2D eigenvalue weighted by Crippen LogP contribution is 2.20. The summed E-state index contributed by atoms with van der Waals surface area (Å²) in [5.41, 5.74) is 0. The SMILES string of the molecule is CCCCCCCCCCCCC(CCCC)N(C)[N+](C)(C)CCC. The Morgan fingerprint density at radius 2 is 1.04 bits per heavy atom. The van der Waals surface area contributed by atoms with Crippen LogP contribution in [0.1, 0.15) is 117 Å². The quantitative estimate of drug-likeness (QED) is 0.143. The number of hydrogen-bond donors (Lipinski definition) is 0. The van der Waals surface area contributed by atoms with Crippen molar-refractivity contribution < 1.29 is 4.59 Å². The molecule has 0 aromatic heterocycles. The van der Waals surface area contributed by atoms with Gasteiger partial charge in [-0.2, -0.15) is 5.01 Å². The van der Waals surface area contributed by atoms with E-state index < -0.39 is 0 Å². The summed E-state index contributed by atoms with van der Waals surface area (Å²) in [6.45, 7) is 8.17. The molecule has 0 heterocycles. The monoisotopic (exact) mass is 355 g/mol. The third kappa shape index (κ3) is 12.8. The lowest BCUT2D eigenvalue weighted by molar-refractivity contribution is -1.00. The van der Waals surface area contributed by atoms with Gasteiger partial charge in [0.1, 0.15) is 0 Å². The summed E-state index contributed by atoms with van der Waals surface area (Å²) in [7, 11) is 7.11. The normalized spacial score (nSPS) is 13.6. The average Bonchev–Trinajstić information content (AvgIpc) is 2.58. The first-order chi connectivity index (χ1) is 12.0. The van der Waals surface area contributed by atoms with Crippen molar-refractivity contribution in [3.8, 4) is 0 Å². The zero-order valence-corrected chi connectivity index (χ0v) is 18.8. The fourth-order valence-corrected chi connectivity index (χ4v) is 3.97. The Labute approximate surface area is 160 Å². The summed E-state index contributed by atoms with van der Waals surface area (Å²) >= 11 is 0. The molecule has 25 heavy (non-hydrogen) atoms. The van der Waals surface area contributed by atoms with Gasteiger partial charge in [-0.05, 0) is 19.3 Å². The van der Waals surface area contributed by atoms with Crippen molar-refractivity contribution in [2.45, 2.75) is 123 Å². The molecule has 0 saturated heterocycles. The van der Waals surface area contributed by atoms with E-state index in [1.54, 1.807) is 0 Å². The van der Waals surface area contributed by atoms with Crippen LogP contribution in [0.3, 0.4) is 0 Å². The van der Waals surface area contributed by atoms with E-state index >= 15 is 0 Å². The highest BCUT2D eigenvalue weighted by Gasteiger charge is 2.27. The zero-order valence-electron chi connectivity index (χ0n) is 18.8. The van der Waals surface area contributed by atoms with Crippen molar-refractivity contribution >= 4 is 0 Å². The van der Waals surface area contributed by atoms with Gasteiger partial charge < -0.3 is 0 Å².